The summed E-state index contributed by atoms with van der Waals surface area (Å²) in [5, 5.41) is 4.23. The molecule has 4 fully saturated rings. The number of allylic oxidation sites excluding steroid dienone is 1. The normalized spacial score (nSPS) is 42.6. The summed E-state index contributed by atoms with van der Waals surface area (Å²) in [6.07, 6.45) is 4.52. The van der Waals surface area contributed by atoms with E-state index in [1.165, 1.54) is 0 Å². The van der Waals surface area contributed by atoms with Crippen LogP contribution in [0.4, 0.5) is 8.78 Å². The third-order valence-corrected chi connectivity index (χ3v) is 8.71. The van der Waals surface area contributed by atoms with Gasteiger partial charge in [0.1, 0.15) is 12.4 Å². The van der Waals surface area contributed by atoms with Crippen molar-refractivity contribution in [3.8, 4) is 0 Å². The molecule has 29 heavy (non-hydrogen) atoms. The highest BCUT2D eigenvalue weighted by Gasteiger charge is 2.62. The number of carbonyl (C=O) groups excluding carboxylic acids is 1. The van der Waals surface area contributed by atoms with Crippen LogP contribution in [0, 0.1) is 34.5 Å². The van der Waals surface area contributed by atoms with Gasteiger partial charge in [0.25, 0.3) is 6.08 Å². The molecule has 0 aliphatic heterocycles. The fourth-order valence-corrected chi connectivity index (χ4v) is 7.05. The molecule has 0 amide bonds. The van der Waals surface area contributed by atoms with E-state index in [0.29, 0.717) is 31.6 Å². The largest absolute Gasteiger partial charge is 0.395 e. The quantitative estimate of drug-likeness (QED) is 0.499. The minimum Gasteiger partial charge on any atom is -0.395 e. The van der Waals surface area contributed by atoms with Crippen LogP contribution in [0.25, 0.3) is 0 Å². The maximum absolute atomic E-state index is 14.1. The van der Waals surface area contributed by atoms with Gasteiger partial charge in [0.15, 0.2) is 0 Å². The molecule has 4 nitrogen and oxygen atoms in total. The molecule has 4 saturated carbocycles. The van der Waals surface area contributed by atoms with Gasteiger partial charge in [-0.05, 0) is 79.6 Å². The second-order valence-corrected chi connectivity index (χ2v) is 9.83. The number of hydrogen-bond donors (Lipinski definition) is 1. The first-order valence-electron chi connectivity index (χ1n) is 10.8. The van der Waals surface area contributed by atoms with E-state index >= 15 is 0 Å². The highest BCUT2D eigenvalue weighted by Crippen LogP contribution is 2.67. The second-order valence-electron chi connectivity index (χ2n) is 9.83. The van der Waals surface area contributed by atoms with Crippen LogP contribution in [0.3, 0.4) is 0 Å². The Morgan fingerprint density at radius 2 is 1.93 bits per heavy atom. The van der Waals surface area contributed by atoms with Crippen LogP contribution in [0.15, 0.2) is 16.8 Å². The fourth-order valence-electron chi connectivity index (χ4n) is 7.05. The first kappa shape index (κ1) is 22.7. The second kappa shape index (κ2) is 8.26. The van der Waals surface area contributed by atoms with Crippen LogP contribution in [-0.2, 0) is 9.63 Å². The maximum Gasteiger partial charge on any atom is 0.269 e. The summed E-state index contributed by atoms with van der Waals surface area (Å²) in [6.45, 7) is 5.14. The van der Waals surface area contributed by atoms with Crippen molar-refractivity contribution < 1.29 is 18.4 Å². The van der Waals surface area contributed by atoms with E-state index in [1.807, 2.05) is 6.92 Å². The summed E-state index contributed by atoms with van der Waals surface area (Å²) in [5.74, 6) is 0.635. The molecule has 0 aromatic carbocycles. The number of nitrogens with zero attached hydrogens (tertiary/aromatic N) is 1. The molecule has 0 aromatic rings. The zero-order chi connectivity index (χ0) is 20.1. The minimum absolute atomic E-state index is 0. The third-order valence-electron chi connectivity index (χ3n) is 8.71. The number of halogens is 3. The van der Waals surface area contributed by atoms with Gasteiger partial charge in [0.05, 0.1) is 5.71 Å². The molecule has 0 bridgehead atoms. The molecule has 2 N–H and O–H groups in total. The van der Waals surface area contributed by atoms with Crippen LogP contribution >= 0.6 is 12.4 Å². The van der Waals surface area contributed by atoms with Gasteiger partial charge in [-0.3, -0.25) is 4.79 Å². The average molecular weight is 431 g/mol. The standard InChI is InChI=1S/C22H32F2N2O2.ClH/c1-21-7-5-14(26-28-10-9-25)11-13(21)12-15(20(23)24)19-16-3-4-18(27)22(16,2)8-6-17(19)21;/h13,16-17,19H,3-12,25H2,1-2H3;1H/b26-14-;/t13?,16-,17-,19-,21-,22-;/m0./s1. The van der Waals surface area contributed by atoms with Crippen molar-refractivity contribution in [2.24, 2.45) is 45.4 Å². The Bertz CT molecular complexity index is 724. The summed E-state index contributed by atoms with van der Waals surface area (Å²) in [4.78, 5) is 17.8. The number of carbonyl (C=O) groups is 1. The maximum atomic E-state index is 14.1. The van der Waals surface area contributed by atoms with Crippen LogP contribution in [0.1, 0.15) is 65.2 Å². The van der Waals surface area contributed by atoms with Crippen molar-refractivity contribution in [1.29, 1.82) is 0 Å². The van der Waals surface area contributed by atoms with Crippen LogP contribution < -0.4 is 5.73 Å². The van der Waals surface area contributed by atoms with E-state index in [9.17, 15) is 13.6 Å². The zero-order valence-corrected chi connectivity index (χ0v) is 18.2. The molecule has 0 heterocycles. The molecule has 6 atom stereocenters. The summed E-state index contributed by atoms with van der Waals surface area (Å²) in [5.41, 5.74) is 6.39. The molecular weight excluding hydrogens is 398 g/mol. The van der Waals surface area contributed by atoms with Gasteiger partial charge >= 0.3 is 0 Å². The van der Waals surface area contributed by atoms with E-state index < -0.39 is 11.5 Å². The molecule has 1 unspecified atom stereocenters. The van der Waals surface area contributed by atoms with Crippen molar-refractivity contribution >= 4 is 23.9 Å². The lowest BCUT2D eigenvalue weighted by Gasteiger charge is -2.60. The van der Waals surface area contributed by atoms with Gasteiger partial charge in [-0.25, -0.2) is 0 Å². The average Bonchev–Trinajstić information content (AvgIpc) is 2.96. The van der Waals surface area contributed by atoms with E-state index in [-0.39, 0.29) is 47.3 Å². The van der Waals surface area contributed by atoms with Crippen LogP contribution in [0.2, 0.25) is 0 Å². The lowest BCUT2D eigenvalue weighted by Crippen LogP contribution is -2.54. The Morgan fingerprint density at radius 3 is 2.62 bits per heavy atom. The minimum atomic E-state index is -1.51. The van der Waals surface area contributed by atoms with Gasteiger partial charge in [-0.1, -0.05) is 19.0 Å². The van der Waals surface area contributed by atoms with Gasteiger partial charge in [0.2, 0.25) is 0 Å². The predicted molar refractivity (Wildman–Crippen MR) is 111 cm³/mol. The van der Waals surface area contributed by atoms with E-state index in [2.05, 4.69) is 12.1 Å². The molecule has 4 aliphatic carbocycles. The predicted octanol–water partition coefficient (Wildman–Crippen LogP) is 5.11. The van der Waals surface area contributed by atoms with Crippen LogP contribution in [0.5, 0.6) is 0 Å². The smallest absolute Gasteiger partial charge is 0.269 e. The highest BCUT2D eigenvalue weighted by atomic mass is 35.5. The van der Waals surface area contributed by atoms with Gasteiger partial charge in [-0.2, -0.15) is 8.78 Å². The third kappa shape index (κ3) is 3.54. The molecule has 4 aliphatic rings. The monoisotopic (exact) mass is 430 g/mol. The zero-order valence-electron chi connectivity index (χ0n) is 17.4. The van der Waals surface area contributed by atoms with Crippen molar-refractivity contribution in [1.82, 2.24) is 0 Å². The van der Waals surface area contributed by atoms with E-state index in [0.717, 1.165) is 44.2 Å². The fraction of sp³-hybridized carbons (Fsp3) is 0.818. The summed E-state index contributed by atoms with van der Waals surface area (Å²) < 4.78 is 28.3. The van der Waals surface area contributed by atoms with Gasteiger partial charge in [-0.15, -0.1) is 12.4 Å². The van der Waals surface area contributed by atoms with Crippen molar-refractivity contribution in [2.45, 2.75) is 65.2 Å². The summed E-state index contributed by atoms with van der Waals surface area (Å²) >= 11 is 0. The molecule has 7 heteroatoms. The van der Waals surface area contributed by atoms with Crippen LogP contribution in [-0.4, -0.2) is 24.6 Å². The Morgan fingerprint density at radius 1 is 1.17 bits per heavy atom. The molecule has 4 rings (SSSR count). The van der Waals surface area contributed by atoms with Gasteiger partial charge in [0, 0.05) is 18.4 Å². The van der Waals surface area contributed by atoms with Crippen molar-refractivity contribution in [3.05, 3.63) is 11.7 Å². The lowest BCUT2D eigenvalue weighted by molar-refractivity contribution is -0.133. The number of fused-ring (bicyclic) bond motifs is 5. The topological polar surface area (TPSA) is 64.7 Å². The first-order valence-corrected chi connectivity index (χ1v) is 10.8. The number of nitrogens with two attached hydrogens (primary N) is 1. The molecule has 0 radical (unpaired) electrons. The summed E-state index contributed by atoms with van der Waals surface area (Å²) in [6, 6.07) is 0. The number of rotatable bonds is 3. The number of Topliss-reactive ketones (excluding diaryl/α,β-unsaturated/α-hetero) is 1. The highest BCUT2D eigenvalue weighted by molar-refractivity contribution is 5.87. The number of hydrogen-bond acceptors (Lipinski definition) is 4. The Hall–Kier alpha value is -1.01. The van der Waals surface area contributed by atoms with Crippen molar-refractivity contribution in [2.75, 3.05) is 13.2 Å². The van der Waals surface area contributed by atoms with E-state index in [1.54, 1.807) is 0 Å². The lowest BCUT2D eigenvalue weighted by atomic mass is 9.44. The van der Waals surface area contributed by atoms with Crippen molar-refractivity contribution in [3.63, 3.8) is 0 Å². The Labute approximate surface area is 178 Å². The molecule has 0 saturated heterocycles. The molecule has 0 spiro atoms. The summed E-state index contributed by atoms with van der Waals surface area (Å²) in [7, 11) is 0. The molecule has 164 valence electrons. The molecule has 0 aromatic heterocycles. The number of oxime groups is 1. The molecular formula is C22H33ClF2N2O2. The Kier molecular flexibility index (Phi) is 6.45. The Balaban J connectivity index is 0.00000240. The first-order chi connectivity index (χ1) is 13.3. The number of ketones is 1. The van der Waals surface area contributed by atoms with E-state index in [4.69, 9.17) is 10.6 Å². The SMILES string of the molecule is C[C@]12CC/C(=N/OCCN)CC1CC(=C(F)F)[C@@H]1[C@@H]2CC[C@]2(C)C(=O)CC[C@@H]12.Cl. The van der Waals surface area contributed by atoms with Gasteiger partial charge < -0.3 is 10.6 Å².